The van der Waals surface area contributed by atoms with Gasteiger partial charge in [-0.2, -0.15) is 0 Å². The topological polar surface area (TPSA) is 57.5 Å². The van der Waals surface area contributed by atoms with E-state index in [-0.39, 0.29) is 29.1 Å². The highest BCUT2D eigenvalue weighted by Gasteiger charge is 2.33. The number of aliphatic hydroxyl groups excluding tert-OH is 1. The minimum absolute atomic E-state index is 0.0341. The Balaban J connectivity index is 2.32. The van der Waals surface area contributed by atoms with Crippen molar-refractivity contribution >= 4 is 21.7 Å². The van der Waals surface area contributed by atoms with E-state index in [1.54, 1.807) is 18.2 Å². The number of hydrogen-bond donors (Lipinski definition) is 2. The zero-order valence-corrected chi connectivity index (χ0v) is 12.6. The Hall–Kier alpha value is -1.29. The van der Waals surface area contributed by atoms with Crippen LogP contribution in [0.5, 0.6) is 5.75 Å². The second kappa shape index (κ2) is 5.00. The fraction of sp³-hybridized carbons (Fsp3) is 0.400. The number of allylic oxidation sites excluding steroid dienone is 2. The van der Waals surface area contributed by atoms with E-state index in [0.29, 0.717) is 24.0 Å². The molecule has 0 heterocycles. The fourth-order valence-electron chi connectivity index (χ4n) is 2.41. The van der Waals surface area contributed by atoms with E-state index in [0.717, 1.165) is 4.47 Å². The molecule has 4 heteroatoms. The monoisotopic (exact) mass is 324 g/mol. The molecule has 1 aromatic carbocycles. The van der Waals surface area contributed by atoms with Crippen LogP contribution in [0.4, 0.5) is 0 Å². The second-order valence-corrected chi connectivity index (χ2v) is 6.73. The highest BCUT2D eigenvalue weighted by molar-refractivity contribution is 9.10. The number of phenols is 1. The number of benzene rings is 1. The molecule has 0 bridgehead atoms. The van der Waals surface area contributed by atoms with Crippen LogP contribution < -0.4 is 0 Å². The molecule has 1 aliphatic carbocycles. The maximum absolute atomic E-state index is 12.1. The maximum Gasteiger partial charge on any atom is 0.163 e. The van der Waals surface area contributed by atoms with Crippen molar-refractivity contribution in [2.75, 3.05) is 0 Å². The fourth-order valence-corrected chi connectivity index (χ4v) is 2.82. The molecular weight excluding hydrogens is 308 g/mol. The first-order chi connectivity index (χ1) is 8.78. The molecule has 102 valence electrons. The van der Waals surface area contributed by atoms with E-state index in [2.05, 4.69) is 15.9 Å². The largest absolute Gasteiger partial charge is 0.512 e. The summed E-state index contributed by atoms with van der Waals surface area (Å²) in [4.78, 5) is 12.1. The summed E-state index contributed by atoms with van der Waals surface area (Å²) in [5.41, 5.74) is 0.876. The molecule has 2 rings (SSSR count). The predicted octanol–water partition coefficient (Wildman–Crippen LogP) is 3.90. The van der Waals surface area contributed by atoms with Gasteiger partial charge in [-0.05, 0) is 29.2 Å². The number of halogens is 1. The van der Waals surface area contributed by atoms with Crippen LogP contribution in [0.1, 0.15) is 32.3 Å². The van der Waals surface area contributed by atoms with Gasteiger partial charge in [-0.15, -0.1) is 0 Å². The number of aliphatic hydroxyl groups is 1. The van der Waals surface area contributed by atoms with E-state index < -0.39 is 0 Å². The molecule has 0 radical (unpaired) electrons. The van der Waals surface area contributed by atoms with Gasteiger partial charge in [-0.1, -0.05) is 29.8 Å². The van der Waals surface area contributed by atoms with Crippen LogP contribution >= 0.6 is 15.9 Å². The van der Waals surface area contributed by atoms with Crippen LogP contribution in [-0.2, 0) is 11.2 Å². The third kappa shape index (κ3) is 3.18. The first kappa shape index (κ1) is 14.1. The highest BCUT2D eigenvalue weighted by atomic mass is 79.9. The van der Waals surface area contributed by atoms with Crippen molar-refractivity contribution in [2.24, 2.45) is 5.41 Å². The molecule has 19 heavy (non-hydrogen) atoms. The zero-order valence-electron chi connectivity index (χ0n) is 11.0. The van der Waals surface area contributed by atoms with Gasteiger partial charge in [-0.25, -0.2) is 0 Å². The number of ketones is 1. The average Bonchev–Trinajstić information content (AvgIpc) is 2.26. The standard InChI is InChI=1S/C15H17BrO3/c1-15(2)7-13(18)11(14(19)8-15)6-9-5-10(16)3-4-12(9)17/h3-5,17-18H,6-8H2,1-2H3. The summed E-state index contributed by atoms with van der Waals surface area (Å²) in [7, 11) is 0. The van der Waals surface area contributed by atoms with Crippen LogP contribution in [0.15, 0.2) is 34.0 Å². The summed E-state index contributed by atoms with van der Waals surface area (Å²) in [5, 5.41) is 19.9. The summed E-state index contributed by atoms with van der Waals surface area (Å²) in [6.07, 6.45) is 1.20. The SMILES string of the molecule is CC1(C)CC(=O)C(Cc2cc(Br)ccc2O)=C(O)C1. The molecule has 0 spiro atoms. The number of carbonyl (C=O) groups excluding carboxylic acids is 1. The Morgan fingerprint density at radius 2 is 1.95 bits per heavy atom. The molecule has 0 unspecified atom stereocenters. The van der Waals surface area contributed by atoms with Gasteiger partial charge in [0.05, 0.1) is 5.76 Å². The minimum Gasteiger partial charge on any atom is -0.512 e. The maximum atomic E-state index is 12.1. The van der Waals surface area contributed by atoms with Crippen molar-refractivity contribution in [3.8, 4) is 5.75 Å². The van der Waals surface area contributed by atoms with Crippen LogP contribution in [0.2, 0.25) is 0 Å². The highest BCUT2D eigenvalue weighted by Crippen LogP contribution is 2.37. The van der Waals surface area contributed by atoms with Gasteiger partial charge in [0, 0.05) is 29.3 Å². The van der Waals surface area contributed by atoms with E-state index in [1.165, 1.54) is 0 Å². The molecule has 0 aliphatic heterocycles. The lowest BCUT2D eigenvalue weighted by Crippen LogP contribution is -2.26. The van der Waals surface area contributed by atoms with Crippen molar-refractivity contribution in [1.82, 2.24) is 0 Å². The van der Waals surface area contributed by atoms with Gasteiger partial charge < -0.3 is 10.2 Å². The smallest absolute Gasteiger partial charge is 0.163 e. The van der Waals surface area contributed by atoms with Crippen LogP contribution in [-0.4, -0.2) is 16.0 Å². The Morgan fingerprint density at radius 3 is 2.58 bits per heavy atom. The van der Waals surface area contributed by atoms with Gasteiger partial charge in [0.25, 0.3) is 0 Å². The third-order valence-electron chi connectivity index (χ3n) is 3.38. The quantitative estimate of drug-likeness (QED) is 0.867. The summed E-state index contributed by atoms with van der Waals surface area (Å²) >= 11 is 3.33. The Morgan fingerprint density at radius 1 is 1.26 bits per heavy atom. The lowest BCUT2D eigenvalue weighted by molar-refractivity contribution is -0.118. The molecule has 2 N–H and O–H groups in total. The lowest BCUT2D eigenvalue weighted by atomic mass is 9.75. The minimum atomic E-state index is -0.190. The average molecular weight is 325 g/mol. The van der Waals surface area contributed by atoms with Gasteiger partial charge in [0.2, 0.25) is 0 Å². The van der Waals surface area contributed by atoms with Crippen LogP contribution in [0.3, 0.4) is 0 Å². The van der Waals surface area contributed by atoms with E-state index in [4.69, 9.17) is 0 Å². The molecule has 3 nitrogen and oxygen atoms in total. The molecule has 0 saturated heterocycles. The molecule has 1 aromatic rings. The van der Waals surface area contributed by atoms with Gasteiger partial charge >= 0.3 is 0 Å². The Bertz CT molecular complexity index is 559. The van der Waals surface area contributed by atoms with Gasteiger partial charge in [0.1, 0.15) is 5.75 Å². The normalized spacial score (nSPS) is 18.8. The number of aromatic hydroxyl groups is 1. The van der Waals surface area contributed by atoms with Crippen molar-refractivity contribution in [3.05, 3.63) is 39.6 Å². The molecule has 0 amide bonds. The van der Waals surface area contributed by atoms with Gasteiger partial charge in [-0.3, -0.25) is 4.79 Å². The van der Waals surface area contributed by atoms with Crippen LogP contribution in [0, 0.1) is 5.41 Å². The van der Waals surface area contributed by atoms with E-state index in [1.807, 2.05) is 13.8 Å². The molecule has 0 saturated carbocycles. The first-order valence-corrected chi connectivity index (χ1v) is 6.99. The number of carbonyl (C=O) groups is 1. The van der Waals surface area contributed by atoms with Crippen molar-refractivity contribution in [3.63, 3.8) is 0 Å². The van der Waals surface area contributed by atoms with Crippen molar-refractivity contribution in [2.45, 2.75) is 33.1 Å². The van der Waals surface area contributed by atoms with E-state index in [9.17, 15) is 15.0 Å². The predicted molar refractivity (Wildman–Crippen MR) is 77.2 cm³/mol. The zero-order chi connectivity index (χ0) is 14.2. The summed E-state index contributed by atoms with van der Waals surface area (Å²) < 4.78 is 0.837. The number of hydrogen-bond acceptors (Lipinski definition) is 3. The van der Waals surface area contributed by atoms with Gasteiger partial charge in [0.15, 0.2) is 5.78 Å². The summed E-state index contributed by atoms with van der Waals surface area (Å²) in [6, 6.07) is 5.08. The van der Waals surface area contributed by atoms with Crippen LogP contribution in [0.25, 0.3) is 0 Å². The summed E-state index contributed by atoms with van der Waals surface area (Å²) in [5.74, 6) is 0.259. The van der Waals surface area contributed by atoms with Crippen molar-refractivity contribution in [1.29, 1.82) is 0 Å². The second-order valence-electron chi connectivity index (χ2n) is 5.82. The molecule has 0 aromatic heterocycles. The van der Waals surface area contributed by atoms with Crippen molar-refractivity contribution < 1.29 is 15.0 Å². The third-order valence-corrected chi connectivity index (χ3v) is 3.87. The molecule has 1 aliphatic rings. The number of phenolic OH excluding ortho intramolecular Hbond substituents is 1. The Labute approximate surface area is 121 Å². The molecule has 0 atom stereocenters. The lowest BCUT2D eigenvalue weighted by Gasteiger charge is -2.29. The van der Waals surface area contributed by atoms with E-state index >= 15 is 0 Å². The first-order valence-electron chi connectivity index (χ1n) is 6.20. The summed E-state index contributed by atoms with van der Waals surface area (Å²) in [6.45, 7) is 3.93. The molecular formula is C15H17BrO3. The molecule has 0 fully saturated rings. The Kier molecular flexibility index (Phi) is 3.72. The number of Topliss-reactive ketones (excluding diaryl/α,β-unsaturated/α-hetero) is 1. The number of rotatable bonds is 2.